The molecular weight excluding hydrogens is 476 g/mol. The zero-order valence-corrected chi connectivity index (χ0v) is 19.2. The third-order valence-electron chi connectivity index (χ3n) is 6.33. The average molecular weight is 496 g/mol. The number of halogens is 4. The van der Waals surface area contributed by atoms with Crippen LogP contribution in [0.1, 0.15) is 41.0 Å². The van der Waals surface area contributed by atoms with Crippen molar-refractivity contribution in [2.75, 3.05) is 13.1 Å². The van der Waals surface area contributed by atoms with Gasteiger partial charge in [0.05, 0.1) is 17.3 Å². The monoisotopic (exact) mass is 496 g/mol. The molecule has 1 amide bonds. The van der Waals surface area contributed by atoms with Crippen molar-refractivity contribution in [3.63, 3.8) is 0 Å². The predicted octanol–water partition coefficient (Wildman–Crippen LogP) is 5.08. The maximum absolute atomic E-state index is 14.6. The number of nitriles is 1. The van der Waals surface area contributed by atoms with Crippen LogP contribution in [0.4, 0.5) is 17.6 Å². The van der Waals surface area contributed by atoms with Gasteiger partial charge in [-0.05, 0) is 55.7 Å². The number of hydrogen-bond donors (Lipinski definition) is 0. The van der Waals surface area contributed by atoms with Gasteiger partial charge < -0.3 is 4.90 Å². The summed E-state index contributed by atoms with van der Waals surface area (Å²) in [5.74, 6) is -1.97. The molecule has 2 aromatic heterocycles. The second-order valence-corrected chi connectivity index (χ2v) is 8.64. The highest BCUT2D eigenvalue weighted by Crippen LogP contribution is 2.39. The molecule has 0 N–H and O–H groups in total. The Balaban J connectivity index is 1.79. The van der Waals surface area contributed by atoms with Crippen LogP contribution in [-0.4, -0.2) is 43.2 Å². The van der Waals surface area contributed by atoms with Crippen LogP contribution < -0.4 is 0 Å². The molecule has 1 fully saturated rings. The summed E-state index contributed by atoms with van der Waals surface area (Å²) in [6, 6.07) is 9.74. The predicted molar refractivity (Wildman–Crippen MR) is 123 cm³/mol. The molecule has 0 radical (unpaired) electrons. The summed E-state index contributed by atoms with van der Waals surface area (Å²) in [7, 11) is 1.71. The molecule has 0 bridgehead atoms. The van der Waals surface area contributed by atoms with Crippen molar-refractivity contribution >= 4 is 16.8 Å². The summed E-state index contributed by atoms with van der Waals surface area (Å²) < 4.78 is 60.7. The molecule has 0 aliphatic carbocycles. The third kappa shape index (κ3) is 3.98. The van der Waals surface area contributed by atoms with Gasteiger partial charge in [0.25, 0.3) is 5.91 Å². The van der Waals surface area contributed by atoms with Crippen molar-refractivity contribution in [1.82, 2.24) is 24.2 Å². The molecule has 0 spiro atoms. The van der Waals surface area contributed by atoms with Gasteiger partial charge in [0.15, 0.2) is 11.4 Å². The molecular formula is C25H20F4N6O. The summed E-state index contributed by atoms with van der Waals surface area (Å²) in [6.45, 7) is 0.678. The van der Waals surface area contributed by atoms with Crippen LogP contribution in [0.2, 0.25) is 0 Å². The zero-order valence-electron chi connectivity index (χ0n) is 19.2. The van der Waals surface area contributed by atoms with Gasteiger partial charge in [-0.15, -0.1) is 0 Å². The zero-order chi connectivity index (χ0) is 25.6. The normalized spacial score (nSPS) is 14.3. The van der Waals surface area contributed by atoms with Crippen LogP contribution in [0, 0.1) is 17.1 Å². The second-order valence-electron chi connectivity index (χ2n) is 8.64. The van der Waals surface area contributed by atoms with Crippen molar-refractivity contribution in [3.8, 4) is 23.1 Å². The van der Waals surface area contributed by atoms with Gasteiger partial charge in [-0.1, -0.05) is 0 Å². The molecule has 4 aromatic rings. The van der Waals surface area contributed by atoms with Crippen molar-refractivity contribution in [3.05, 3.63) is 65.4 Å². The van der Waals surface area contributed by atoms with Crippen molar-refractivity contribution in [2.45, 2.75) is 25.4 Å². The number of alkyl halides is 3. The highest BCUT2D eigenvalue weighted by molar-refractivity contribution is 5.95. The van der Waals surface area contributed by atoms with Crippen LogP contribution in [0.3, 0.4) is 0 Å². The van der Waals surface area contributed by atoms with Crippen molar-refractivity contribution < 1.29 is 22.4 Å². The Morgan fingerprint density at radius 3 is 2.50 bits per heavy atom. The van der Waals surface area contributed by atoms with Gasteiger partial charge >= 0.3 is 6.18 Å². The molecule has 184 valence electrons. The Morgan fingerprint density at radius 1 is 1.08 bits per heavy atom. The van der Waals surface area contributed by atoms with Gasteiger partial charge in [-0.2, -0.15) is 23.5 Å². The average Bonchev–Trinajstić information content (AvgIpc) is 3.45. The Hall–Kier alpha value is -4.20. The Morgan fingerprint density at radius 2 is 1.83 bits per heavy atom. The lowest BCUT2D eigenvalue weighted by atomic mass is 10.1. The van der Waals surface area contributed by atoms with Gasteiger partial charge in [0.2, 0.25) is 0 Å². The minimum Gasteiger partial charge on any atom is -0.337 e. The summed E-state index contributed by atoms with van der Waals surface area (Å²) in [6.07, 6.45) is -1.14. The van der Waals surface area contributed by atoms with Crippen LogP contribution >= 0.6 is 0 Å². The number of aryl methyl sites for hydroxylation is 1. The van der Waals surface area contributed by atoms with E-state index in [2.05, 4.69) is 10.1 Å². The van der Waals surface area contributed by atoms with Gasteiger partial charge in [0.1, 0.15) is 17.7 Å². The highest BCUT2D eigenvalue weighted by Gasteiger charge is 2.43. The fraction of sp³-hybridized carbons (Fsp3) is 0.280. The lowest BCUT2D eigenvalue weighted by molar-refractivity contribution is -0.142. The van der Waals surface area contributed by atoms with Crippen molar-refractivity contribution in [2.24, 2.45) is 7.05 Å². The fourth-order valence-corrected chi connectivity index (χ4v) is 4.56. The van der Waals surface area contributed by atoms with Crippen LogP contribution in [-0.2, 0) is 13.2 Å². The molecule has 1 saturated heterocycles. The fourth-order valence-electron chi connectivity index (χ4n) is 4.56. The number of fused-ring (bicyclic) bond motifs is 1. The highest BCUT2D eigenvalue weighted by atomic mass is 19.4. The molecule has 0 atom stereocenters. The number of benzene rings is 2. The number of likely N-dealkylation sites (tertiary alicyclic amines) is 1. The lowest BCUT2D eigenvalue weighted by Crippen LogP contribution is -2.37. The minimum absolute atomic E-state index is 0.000905. The molecule has 2 aromatic carbocycles. The molecule has 1 aliphatic rings. The Bertz CT molecular complexity index is 1520. The van der Waals surface area contributed by atoms with E-state index in [-0.39, 0.29) is 22.6 Å². The smallest absolute Gasteiger partial charge is 0.337 e. The summed E-state index contributed by atoms with van der Waals surface area (Å²) >= 11 is 0. The standard InChI is InChI=1S/C25H20F4N6O/c1-33-20-8-7-18(11-17(20)14-31-33)35-22(25(27,28)29)21(24(36)34-9-3-2-4-10-34)32-23(35)15-5-6-16(13-30)19(26)12-15/h5-8,11-12,14H,2-4,9-10H2,1H3. The number of amides is 1. The van der Waals surface area contributed by atoms with Crippen LogP contribution in [0.15, 0.2) is 42.6 Å². The van der Waals surface area contributed by atoms with Gasteiger partial charge in [-0.3, -0.25) is 14.0 Å². The molecule has 1 aliphatic heterocycles. The third-order valence-corrected chi connectivity index (χ3v) is 6.33. The quantitative estimate of drug-likeness (QED) is 0.371. The van der Waals surface area contributed by atoms with Crippen molar-refractivity contribution in [1.29, 1.82) is 5.26 Å². The number of nitrogens with zero attached hydrogens (tertiary/aromatic N) is 6. The van der Waals surface area contributed by atoms with Crippen LogP contribution in [0.5, 0.6) is 0 Å². The van der Waals surface area contributed by atoms with Gasteiger partial charge in [-0.25, -0.2) is 9.37 Å². The van der Waals surface area contributed by atoms with E-state index in [0.29, 0.717) is 36.8 Å². The number of imidazole rings is 1. The Kier molecular flexibility index (Phi) is 5.74. The van der Waals surface area contributed by atoms with E-state index in [0.717, 1.165) is 17.1 Å². The SMILES string of the molecule is Cn1ncc2cc(-n3c(-c4ccc(C#N)c(F)c4)nc(C(=O)N4CCCCC4)c3C(F)(F)F)ccc21. The number of hydrogen-bond acceptors (Lipinski definition) is 4. The van der Waals surface area contributed by atoms with E-state index in [1.54, 1.807) is 23.9 Å². The first-order valence-electron chi connectivity index (χ1n) is 11.3. The maximum Gasteiger partial charge on any atom is 0.434 e. The van der Waals surface area contributed by atoms with Crippen LogP contribution in [0.25, 0.3) is 28.0 Å². The molecule has 0 unspecified atom stereocenters. The molecule has 36 heavy (non-hydrogen) atoms. The Labute approximate surface area is 203 Å². The van der Waals surface area contributed by atoms with E-state index in [1.807, 2.05) is 0 Å². The minimum atomic E-state index is -4.94. The summed E-state index contributed by atoms with van der Waals surface area (Å²) in [4.78, 5) is 18.8. The molecule has 7 nitrogen and oxygen atoms in total. The summed E-state index contributed by atoms with van der Waals surface area (Å²) in [5, 5.41) is 13.8. The maximum atomic E-state index is 14.6. The molecule has 5 rings (SSSR count). The number of aromatic nitrogens is 4. The van der Waals surface area contributed by atoms with E-state index in [4.69, 9.17) is 5.26 Å². The number of carbonyl (C=O) groups excluding carboxylic acids is 1. The van der Waals surface area contributed by atoms with Gasteiger partial charge in [0, 0.05) is 36.8 Å². The molecule has 0 saturated carbocycles. The van der Waals surface area contributed by atoms with E-state index < -0.39 is 29.3 Å². The van der Waals surface area contributed by atoms with E-state index >= 15 is 0 Å². The van der Waals surface area contributed by atoms with E-state index in [1.165, 1.54) is 35.4 Å². The number of piperidine rings is 1. The van der Waals surface area contributed by atoms with E-state index in [9.17, 15) is 22.4 Å². The first-order valence-corrected chi connectivity index (χ1v) is 11.3. The largest absolute Gasteiger partial charge is 0.434 e. The number of carbonyl (C=O) groups is 1. The number of rotatable bonds is 3. The summed E-state index contributed by atoms with van der Waals surface area (Å²) in [5.41, 5.74) is -1.44. The topological polar surface area (TPSA) is 79.7 Å². The first kappa shape index (κ1) is 23.5. The second kappa shape index (κ2) is 8.78. The lowest BCUT2D eigenvalue weighted by Gasteiger charge is -2.26. The molecule has 11 heteroatoms. The first-order chi connectivity index (χ1) is 17.2. The molecule has 3 heterocycles.